The molecule has 5 nitrogen and oxygen atoms in total. The lowest BCUT2D eigenvalue weighted by Crippen LogP contribution is -2.12. The minimum absolute atomic E-state index is 0.0359. The standard InChI is InChI=1S/C10H10O5/c1-7(11)4-5-9(12)15-10(13)8-3-2-6-14-8/h2-3,6H,4-5H2,1H3. The number of rotatable bonds is 4. The topological polar surface area (TPSA) is 73.6 Å². The van der Waals surface area contributed by atoms with Crippen molar-refractivity contribution in [3.63, 3.8) is 0 Å². The zero-order valence-electron chi connectivity index (χ0n) is 8.19. The lowest BCUT2D eigenvalue weighted by Gasteiger charge is -1.98. The molecule has 0 atom stereocenters. The van der Waals surface area contributed by atoms with Crippen LogP contribution in [-0.4, -0.2) is 17.7 Å². The fourth-order valence-electron chi connectivity index (χ4n) is 0.878. The molecule has 1 aromatic rings. The van der Waals surface area contributed by atoms with E-state index >= 15 is 0 Å². The van der Waals surface area contributed by atoms with Crippen LogP contribution in [0.5, 0.6) is 0 Å². The highest BCUT2D eigenvalue weighted by molar-refractivity contribution is 5.95. The molecule has 15 heavy (non-hydrogen) atoms. The number of carbonyl (C=O) groups excluding carboxylic acids is 3. The first-order valence-electron chi connectivity index (χ1n) is 4.37. The van der Waals surface area contributed by atoms with Gasteiger partial charge in [0.05, 0.1) is 12.7 Å². The van der Waals surface area contributed by atoms with Gasteiger partial charge in [-0.15, -0.1) is 0 Å². The lowest BCUT2D eigenvalue weighted by atomic mass is 10.2. The quantitative estimate of drug-likeness (QED) is 0.553. The first-order chi connectivity index (χ1) is 7.09. The van der Waals surface area contributed by atoms with Crippen LogP contribution in [0.3, 0.4) is 0 Å². The molecule has 0 aliphatic heterocycles. The van der Waals surface area contributed by atoms with Crippen LogP contribution >= 0.6 is 0 Å². The molecule has 0 saturated heterocycles. The number of furan rings is 1. The first-order valence-corrected chi connectivity index (χ1v) is 4.37. The third-order valence-electron chi connectivity index (χ3n) is 1.61. The zero-order chi connectivity index (χ0) is 11.3. The Balaban J connectivity index is 2.39. The molecular formula is C10H10O5. The highest BCUT2D eigenvalue weighted by atomic mass is 16.6. The summed E-state index contributed by atoms with van der Waals surface area (Å²) in [6, 6.07) is 2.90. The van der Waals surface area contributed by atoms with Crippen LogP contribution in [0, 0.1) is 0 Å². The Kier molecular flexibility index (Phi) is 3.79. The van der Waals surface area contributed by atoms with Crippen molar-refractivity contribution in [1.29, 1.82) is 0 Å². The summed E-state index contributed by atoms with van der Waals surface area (Å²) in [5.41, 5.74) is 0. The molecular weight excluding hydrogens is 200 g/mol. The van der Waals surface area contributed by atoms with Crippen LogP contribution in [-0.2, 0) is 14.3 Å². The maximum atomic E-state index is 11.1. The van der Waals surface area contributed by atoms with Crippen molar-refractivity contribution in [2.24, 2.45) is 0 Å². The Hall–Kier alpha value is -1.91. The minimum atomic E-state index is -0.839. The van der Waals surface area contributed by atoms with E-state index in [0.29, 0.717) is 0 Å². The molecule has 0 aliphatic rings. The predicted molar refractivity (Wildman–Crippen MR) is 49.0 cm³/mol. The van der Waals surface area contributed by atoms with E-state index in [9.17, 15) is 14.4 Å². The number of hydrogen-bond acceptors (Lipinski definition) is 5. The van der Waals surface area contributed by atoms with Gasteiger partial charge in [-0.2, -0.15) is 0 Å². The third-order valence-corrected chi connectivity index (χ3v) is 1.61. The maximum Gasteiger partial charge on any atom is 0.381 e. The SMILES string of the molecule is CC(=O)CCC(=O)OC(=O)c1ccco1. The molecule has 80 valence electrons. The Labute approximate surface area is 86.0 Å². The number of carbonyl (C=O) groups is 3. The Morgan fingerprint density at radius 3 is 2.60 bits per heavy atom. The van der Waals surface area contributed by atoms with E-state index in [0.717, 1.165) is 0 Å². The summed E-state index contributed by atoms with van der Waals surface area (Å²) in [6.07, 6.45) is 1.28. The minimum Gasteiger partial charge on any atom is -0.457 e. The van der Waals surface area contributed by atoms with E-state index in [2.05, 4.69) is 4.74 Å². The van der Waals surface area contributed by atoms with E-state index < -0.39 is 11.9 Å². The van der Waals surface area contributed by atoms with E-state index in [-0.39, 0.29) is 24.4 Å². The van der Waals surface area contributed by atoms with Gasteiger partial charge in [-0.1, -0.05) is 0 Å². The average Bonchev–Trinajstić information content (AvgIpc) is 2.67. The predicted octanol–water partition coefficient (Wildman–Crippen LogP) is 1.33. The summed E-state index contributed by atoms with van der Waals surface area (Å²) in [6.45, 7) is 1.36. The van der Waals surface area contributed by atoms with Gasteiger partial charge in [0.1, 0.15) is 5.78 Å². The van der Waals surface area contributed by atoms with Crippen LogP contribution in [0.2, 0.25) is 0 Å². The van der Waals surface area contributed by atoms with Crippen LogP contribution in [0.1, 0.15) is 30.3 Å². The first kappa shape index (κ1) is 11.2. The Morgan fingerprint density at radius 2 is 2.07 bits per heavy atom. The van der Waals surface area contributed by atoms with Gasteiger partial charge in [0.2, 0.25) is 5.76 Å². The number of esters is 2. The van der Waals surface area contributed by atoms with Crippen molar-refractivity contribution < 1.29 is 23.5 Å². The molecule has 0 aliphatic carbocycles. The van der Waals surface area contributed by atoms with E-state index in [4.69, 9.17) is 4.42 Å². The molecule has 0 bridgehead atoms. The number of ketones is 1. The molecule has 0 aromatic carbocycles. The van der Waals surface area contributed by atoms with Gasteiger partial charge in [0.25, 0.3) is 0 Å². The van der Waals surface area contributed by atoms with Crippen molar-refractivity contribution in [2.45, 2.75) is 19.8 Å². The van der Waals surface area contributed by atoms with Gasteiger partial charge in [-0.25, -0.2) is 4.79 Å². The molecule has 1 aromatic heterocycles. The normalized spacial score (nSPS) is 9.67. The van der Waals surface area contributed by atoms with Crippen molar-refractivity contribution in [3.8, 4) is 0 Å². The fourth-order valence-corrected chi connectivity index (χ4v) is 0.878. The molecule has 5 heteroatoms. The second-order valence-corrected chi connectivity index (χ2v) is 2.94. The van der Waals surface area contributed by atoms with Gasteiger partial charge in [0, 0.05) is 6.42 Å². The van der Waals surface area contributed by atoms with Crippen molar-refractivity contribution in [1.82, 2.24) is 0 Å². The summed E-state index contributed by atoms with van der Waals surface area (Å²) in [7, 11) is 0. The maximum absolute atomic E-state index is 11.1. The molecule has 0 radical (unpaired) electrons. The highest BCUT2D eigenvalue weighted by Gasteiger charge is 2.15. The van der Waals surface area contributed by atoms with Gasteiger partial charge in [-0.3, -0.25) is 4.79 Å². The van der Waals surface area contributed by atoms with Crippen LogP contribution < -0.4 is 0 Å². The molecule has 0 saturated carbocycles. The largest absolute Gasteiger partial charge is 0.457 e. The average molecular weight is 210 g/mol. The number of Topliss-reactive ketones (excluding diaryl/α,β-unsaturated/α-hetero) is 1. The summed E-state index contributed by atoms with van der Waals surface area (Å²) < 4.78 is 9.15. The lowest BCUT2D eigenvalue weighted by molar-refractivity contribution is -0.139. The van der Waals surface area contributed by atoms with E-state index in [1.807, 2.05) is 0 Å². The summed E-state index contributed by atoms with van der Waals surface area (Å²) in [5.74, 6) is -1.73. The van der Waals surface area contributed by atoms with Crippen LogP contribution in [0.25, 0.3) is 0 Å². The second kappa shape index (κ2) is 5.09. The van der Waals surface area contributed by atoms with E-state index in [1.54, 1.807) is 0 Å². The molecule has 0 fully saturated rings. The highest BCUT2D eigenvalue weighted by Crippen LogP contribution is 2.04. The van der Waals surface area contributed by atoms with Crippen molar-refractivity contribution >= 4 is 17.7 Å². The molecule has 0 unspecified atom stereocenters. The summed E-state index contributed by atoms with van der Waals surface area (Å²) >= 11 is 0. The Morgan fingerprint density at radius 1 is 1.33 bits per heavy atom. The van der Waals surface area contributed by atoms with E-state index in [1.165, 1.54) is 25.3 Å². The molecule has 1 heterocycles. The monoisotopic (exact) mass is 210 g/mol. The van der Waals surface area contributed by atoms with Crippen LogP contribution in [0.4, 0.5) is 0 Å². The molecule has 0 amide bonds. The second-order valence-electron chi connectivity index (χ2n) is 2.94. The van der Waals surface area contributed by atoms with Gasteiger partial charge in [-0.05, 0) is 19.1 Å². The van der Waals surface area contributed by atoms with Gasteiger partial charge >= 0.3 is 11.9 Å². The van der Waals surface area contributed by atoms with Crippen molar-refractivity contribution in [2.75, 3.05) is 0 Å². The Bertz CT molecular complexity index is 363. The number of hydrogen-bond donors (Lipinski definition) is 0. The number of ether oxygens (including phenoxy) is 1. The third kappa shape index (κ3) is 3.76. The molecule has 0 spiro atoms. The fraction of sp³-hybridized carbons (Fsp3) is 0.300. The summed E-state index contributed by atoms with van der Waals surface area (Å²) in [4.78, 5) is 32.7. The molecule has 0 N–H and O–H groups in total. The summed E-state index contributed by atoms with van der Waals surface area (Å²) in [5, 5.41) is 0. The van der Waals surface area contributed by atoms with Crippen LogP contribution in [0.15, 0.2) is 22.8 Å². The van der Waals surface area contributed by atoms with Gasteiger partial charge in [0.15, 0.2) is 0 Å². The smallest absolute Gasteiger partial charge is 0.381 e. The van der Waals surface area contributed by atoms with Gasteiger partial charge < -0.3 is 13.9 Å². The zero-order valence-corrected chi connectivity index (χ0v) is 8.19. The van der Waals surface area contributed by atoms with Crippen molar-refractivity contribution in [3.05, 3.63) is 24.2 Å². The molecule has 1 rings (SSSR count).